The first kappa shape index (κ1) is 17.7. The number of hydrogen-bond acceptors (Lipinski definition) is 4. The molecule has 0 aliphatic heterocycles. The number of amides is 1. The summed E-state index contributed by atoms with van der Waals surface area (Å²) in [6.07, 6.45) is 2.09. The highest BCUT2D eigenvalue weighted by atomic mass is 16.4. The van der Waals surface area contributed by atoms with Gasteiger partial charge in [-0.2, -0.15) is 0 Å². The summed E-state index contributed by atoms with van der Waals surface area (Å²) in [5.74, 6) is 0.171. The molecule has 0 saturated carbocycles. The predicted molar refractivity (Wildman–Crippen MR) is 89.6 cm³/mol. The number of carboxylic acid groups (broad SMARTS) is 1. The first-order chi connectivity index (χ1) is 11.4. The van der Waals surface area contributed by atoms with E-state index in [4.69, 9.17) is 9.52 Å². The molecule has 1 atom stereocenters. The number of oxazole rings is 1. The van der Waals surface area contributed by atoms with Crippen LogP contribution in [0.25, 0.3) is 11.3 Å². The van der Waals surface area contributed by atoms with Crippen LogP contribution in [0.15, 0.2) is 34.9 Å². The van der Waals surface area contributed by atoms with Crippen molar-refractivity contribution in [3.63, 3.8) is 0 Å². The lowest BCUT2D eigenvalue weighted by molar-refractivity contribution is -0.141. The Morgan fingerprint density at radius 3 is 2.46 bits per heavy atom. The average Bonchev–Trinajstić information content (AvgIpc) is 3.02. The molecule has 0 aliphatic carbocycles. The second-order valence-corrected chi connectivity index (χ2v) is 6.02. The minimum Gasteiger partial charge on any atom is -0.480 e. The van der Waals surface area contributed by atoms with E-state index >= 15 is 0 Å². The van der Waals surface area contributed by atoms with Crippen LogP contribution in [0.1, 0.15) is 44.6 Å². The van der Waals surface area contributed by atoms with Gasteiger partial charge in [0.05, 0.1) is 6.20 Å². The summed E-state index contributed by atoms with van der Waals surface area (Å²) in [5, 5.41) is 11.2. The van der Waals surface area contributed by atoms with Gasteiger partial charge in [-0.3, -0.25) is 9.59 Å². The van der Waals surface area contributed by atoms with Crippen molar-refractivity contribution < 1.29 is 19.1 Å². The van der Waals surface area contributed by atoms with Gasteiger partial charge in [-0.1, -0.05) is 38.1 Å². The monoisotopic (exact) mass is 330 g/mol. The first-order valence-electron chi connectivity index (χ1n) is 7.94. The normalized spacial score (nSPS) is 12.2. The third kappa shape index (κ3) is 4.68. The number of nitrogens with one attached hydrogen (secondary N) is 1. The Morgan fingerprint density at radius 2 is 1.88 bits per heavy atom. The highest BCUT2D eigenvalue weighted by Crippen LogP contribution is 2.23. The molecule has 1 heterocycles. The molecule has 2 aromatic rings. The van der Waals surface area contributed by atoms with Gasteiger partial charge in [-0.15, -0.1) is 0 Å². The van der Waals surface area contributed by atoms with Crippen LogP contribution >= 0.6 is 0 Å². The Labute approximate surface area is 140 Å². The van der Waals surface area contributed by atoms with E-state index in [-0.39, 0.29) is 12.3 Å². The van der Waals surface area contributed by atoms with Gasteiger partial charge >= 0.3 is 5.97 Å². The molecule has 1 unspecified atom stereocenters. The zero-order chi connectivity index (χ0) is 17.7. The molecule has 1 aromatic carbocycles. The molecule has 0 saturated heterocycles. The number of benzene rings is 1. The largest absolute Gasteiger partial charge is 0.480 e. The number of aliphatic carboxylic acids is 1. The van der Waals surface area contributed by atoms with Crippen molar-refractivity contribution in [3.05, 3.63) is 41.9 Å². The zero-order valence-corrected chi connectivity index (χ0v) is 14.1. The van der Waals surface area contributed by atoms with Gasteiger partial charge in [0.1, 0.15) is 6.04 Å². The van der Waals surface area contributed by atoms with Gasteiger partial charge in [0.25, 0.3) is 0 Å². The summed E-state index contributed by atoms with van der Waals surface area (Å²) in [6.45, 7) is 5.69. The van der Waals surface area contributed by atoms with Crippen LogP contribution < -0.4 is 5.32 Å². The smallest absolute Gasteiger partial charge is 0.325 e. The van der Waals surface area contributed by atoms with Crippen molar-refractivity contribution in [1.82, 2.24) is 10.3 Å². The van der Waals surface area contributed by atoms with E-state index in [0.29, 0.717) is 24.0 Å². The average molecular weight is 330 g/mol. The number of aromatic nitrogens is 1. The fraction of sp³-hybridized carbons (Fsp3) is 0.389. The second-order valence-electron chi connectivity index (χ2n) is 6.02. The Balaban J connectivity index is 1.93. The summed E-state index contributed by atoms with van der Waals surface area (Å²) < 4.78 is 5.67. The molecule has 0 radical (unpaired) electrons. The standard InChI is InChI=1S/C18H22N2O4/c1-11(2)13-4-6-14(7-5-13)15-10-19-17(24-15)9-8-16(21)20-12(3)18(22)23/h4-7,10-12H,8-9H2,1-3H3,(H,20,21)(H,22,23). The van der Waals surface area contributed by atoms with Gasteiger partial charge in [0.15, 0.2) is 11.7 Å². The van der Waals surface area contributed by atoms with Crippen molar-refractivity contribution >= 4 is 11.9 Å². The number of carbonyl (C=O) groups excluding carboxylic acids is 1. The molecule has 1 amide bonds. The molecular weight excluding hydrogens is 308 g/mol. The topological polar surface area (TPSA) is 92.4 Å². The Bertz CT molecular complexity index is 704. The van der Waals surface area contributed by atoms with Gasteiger partial charge in [-0.25, -0.2) is 4.98 Å². The van der Waals surface area contributed by atoms with Gasteiger partial charge in [0, 0.05) is 18.4 Å². The molecule has 1 aromatic heterocycles. The van der Waals surface area contributed by atoms with Gasteiger partial charge < -0.3 is 14.8 Å². The maximum Gasteiger partial charge on any atom is 0.325 e. The van der Waals surface area contributed by atoms with E-state index in [2.05, 4.69) is 36.3 Å². The molecule has 0 spiro atoms. The highest BCUT2D eigenvalue weighted by Gasteiger charge is 2.15. The third-order valence-corrected chi connectivity index (χ3v) is 3.73. The highest BCUT2D eigenvalue weighted by molar-refractivity contribution is 5.83. The Hall–Kier alpha value is -2.63. The second kappa shape index (κ2) is 7.77. The summed E-state index contributed by atoms with van der Waals surface area (Å²) in [6, 6.07) is 7.19. The van der Waals surface area contributed by atoms with Crippen LogP contribution in [0.4, 0.5) is 0 Å². The third-order valence-electron chi connectivity index (χ3n) is 3.73. The number of carboxylic acids is 1. The van der Waals surface area contributed by atoms with Crippen LogP contribution in [0.3, 0.4) is 0 Å². The summed E-state index contributed by atoms with van der Waals surface area (Å²) in [4.78, 5) is 26.5. The number of carbonyl (C=O) groups is 2. The Morgan fingerprint density at radius 1 is 1.21 bits per heavy atom. The first-order valence-corrected chi connectivity index (χ1v) is 7.94. The zero-order valence-electron chi connectivity index (χ0n) is 14.1. The van der Waals surface area contributed by atoms with Crippen LogP contribution in [0, 0.1) is 0 Å². The maximum atomic E-state index is 11.7. The molecule has 6 nitrogen and oxygen atoms in total. The SMILES string of the molecule is CC(NC(=O)CCc1ncc(-c2ccc(C(C)C)cc2)o1)C(=O)O. The minimum absolute atomic E-state index is 0.129. The number of nitrogens with zero attached hydrogens (tertiary/aromatic N) is 1. The Kier molecular flexibility index (Phi) is 5.73. The summed E-state index contributed by atoms with van der Waals surface area (Å²) >= 11 is 0. The number of hydrogen-bond donors (Lipinski definition) is 2. The number of rotatable bonds is 7. The fourth-order valence-corrected chi connectivity index (χ4v) is 2.19. The molecule has 6 heteroatoms. The van der Waals surface area contributed by atoms with Crippen LogP contribution in [-0.4, -0.2) is 28.0 Å². The van der Waals surface area contributed by atoms with Crippen molar-refractivity contribution in [2.24, 2.45) is 0 Å². The minimum atomic E-state index is -1.06. The van der Waals surface area contributed by atoms with Crippen molar-refractivity contribution in [1.29, 1.82) is 0 Å². The maximum absolute atomic E-state index is 11.7. The lowest BCUT2D eigenvalue weighted by atomic mass is 10.0. The lowest BCUT2D eigenvalue weighted by Gasteiger charge is -2.08. The molecule has 0 aliphatic rings. The van der Waals surface area contributed by atoms with Gasteiger partial charge in [-0.05, 0) is 18.4 Å². The fourth-order valence-electron chi connectivity index (χ4n) is 2.19. The van der Waals surface area contributed by atoms with E-state index in [1.54, 1.807) is 6.20 Å². The summed E-state index contributed by atoms with van der Waals surface area (Å²) in [7, 11) is 0. The lowest BCUT2D eigenvalue weighted by Crippen LogP contribution is -2.38. The quantitative estimate of drug-likeness (QED) is 0.814. The van der Waals surface area contributed by atoms with Crippen LogP contribution in [0.5, 0.6) is 0 Å². The molecule has 0 bridgehead atoms. The number of aryl methyl sites for hydroxylation is 1. The molecule has 128 valence electrons. The summed E-state index contributed by atoms with van der Waals surface area (Å²) in [5.41, 5.74) is 2.19. The van der Waals surface area contributed by atoms with Gasteiger partial charge in [0.2, 0.25) is 5.91 Å². The molecule has 24 heavy (non-hydrogen) atoms. The van der Waals surface area contributed by atoms with E-state index in [9.17, 15) is 9.59 Å². The van der Waals surface area contributed by atoms with E-state index in [1.165, 1.54) is 12.5 Å². The van der Waals surface area contributed by atoms with Crippen molar-refractivity contribution in [2.75, 3.05) is 0 Å². The van der Waals surface area contributed by atoms with Crippen LogP contribution in [0.2, 0.25) is 0 Å². The van der Waals surface area contributed by atoms with Crippen molar-refractivity contribution in [2.45, 2.75) is 45.6 Å². The molecule has 2 rings (SSSR count). The molecule has 0 fully saturated rings. The van der Waals surface area contributed by atoms with E-state index in [0.717, 1.165) is 5.56 Å². The van der Waals surface area contributed by atoms with Crippen LogP contribution in [-0.2, 0) is 16.0 Å². The van der Waals surface area contributed by atoms with E-state index < -0.39 is 12.0 Å². The predicted octanol–water partition coefficient (Wildman–Crippen LogP) is 2.99. The van der Waals surface area contributed by atoms with Crippen molar-refractivity contribution in [3.8, 4) is 11.3 Å². The molecular formula is C18H22N2O4. The molecule has 2 N–H and O–H groups in total. The van der Waals surface area contributed by atoms with E-state index in [1.807, 2.05) is 12.1 Å².